The number of nitrogens with one attached hydrogen (secondary N) is 2. The van der Waals surface area contributed by atoms with Gasteiger partial charge < -0.3 is 20.3 Å². The highest BCUT2D eigenvalue weighted by Crippen LogP contribution is 2.24. The summed E-state index contributed by atoms with van der Waals surface area (Å²) in [7, 11) is 0. The van der Waals surface area contributed by atoms with Crippen LogP contribution in [0.5, 0.6) is 0 Å². The third kappa shape index (κ3) is 5.37. The lowest BCUT2D eigenvalue weighted by atomic mass is 10.1. The van der Waals surface area contributed by atoms with Gasteiger partial charge in [-0.05, 0) is 63.6 Å². The van der Waals surface area contributed by atoms with Crippen molar-refractivity contribution in [2.75, 3.05) is 37.7 Å². The molecule has 2 aliphatic heterocycles. The second kappa shape index (κ2) is 9.81. The van der Waals surface area contributed by atoms with Crippen molar-refractivity contribution in [2.24, 2.45) is 4.99 Å². The maximum atomic E-state index is 5.69. The molecular formula is C21H34N4O. The summed E-state index contributed by atoms with van der Waals surface area (Å²) in [6, 6.07) is 9.13. The van der Waals surface area contributed by atoms with Gasteiger partial charge in [0.15, 0.2) is 5.96 Å². The predicted molar refractivity (Wildman–Crippen MR) is 109 cm³/mol. The van der Waals surface area contributed by atoms with E-state index in [1.54, 1.807) is 0 Å². The van der Waals surface area contributed by atoms with Crippen LogP contribution in [0.4, 0.5) is 5.69 Å². The van der Waals surface area contributed by atoms with Crippen molar-refractivity contribution in [3.8, 4) is 0 Å². The van der Waals surface area contributed by atoms with Crippen LogP contribution >= 0.6 is 0 Å². The molecule has 0 aliphatic carbocycles. The Bertz CT molecular complexity index is 577. The second-order valence-electron chi connectivity index (χ2n) is 7.34. The van der Waals surface area contributed by atoms with E-state index in [2.05, 4.69) is 53.6 Å². The van der Waals surface area contributed by atoms with E-state index in [1.165, 1.54) is 50.0 Å². The number of aliphatic imine (C=N–C) groups is 1. The molecule has 5 heteroatoms. The van der Waals surface area contributed by atoms with E-state index in [0.29, 0.717) is 6.10 Å². The van der Waals surface area contributed by atoms with Crippen LogP contribution in [-0.4, -0.2) is 44.8 Å². The molecule has 1 aromatic rings. The molecule has 0 spiro atoms. The molecule has 2 fully saturated rings. The van der Waals surface area contributed by atoms with Crippen molar-refractivity contribution in [2.45, 2.75) is 58.1 Å². The van der Waals surface area contributed by atoms with Gasteiger partial charge in [0.1, 0.15) is 0 Å². The Hall–Kier alpha value is -1.75. The maximum absolute atomic E-state index is 5.69. The number of hydrogen-bond donors (Lipinski definition) is 2. The third-order valence-electron chi connectivity index (χ3n) is 5.28. The van der Waals surface area contributed by atoms with E-state index in [0.717, 1.165) is 32.1 Å². The van der Waals surface area contributed by atoms with Crippen LogP contribution in [0.1, 0.15) is 57.6 Å². The number of hydrogen-bond acceptors (Lipinski definition) is 3. The summed E-state index contributed by atoms with van der Waals surface area (Å²) >= 11 is 0. The van der Waals surface area contributed by atoms with Crippen LogP contribution in [0.2, 0.25) is 0 Å². The summed E-state index contributed by atoms with van der Waals surface area (Å²) in [5.41, 5.74) is 2.65. The molecule has 144 valence electrons. The van der Waals surface area contributed by atoms with Crippen LogP contribution in [0.15, 0.2) is 29.3 Å². The van der Waals surface area contributed by atoms with Gasteiger partial charge in [-0.2, -0.15) is 0 Å². The quantitative estimate of drug-likeness (QED) is 0.579. The van der Waals surface area contributed by atoms with E-state index < -0.39 is 0 Å². The van der Waals surface area contributed by atoms with Gasteiger partial charge in [-0.25, -0.2) is 0 Å². The van der Waals surface area contributed by atoms with Crippen LogP contribution in [0.3, 0.4) is 0 Å². The lowest BCUT2D eigenvalue weighted by molar-refractivity contribution is 0.106. The number of benzene rings is 1. The standard InChI is InChI=1S/C21H34N4O/c1-3-22-21(23-12-11-20-10-7-15-26-20)24-17(2)18-8-6-9-19(16-18)25-13-4-5-14-25/h6,8-9,16-17,20H,3-5,7,10-15H2,1-2H3,(H2,22,23,24). The summed E-state index contributed by atoms with van der Waals surface area (Å²) < 4.78 is 5.69. The topological polar surface area (TPSA) is 48.9 Å². The minimum Gasteiger partial charge on any atom is -0.378 e. The summed E-state index contributed by atoms with van der Waals surface area (Å²) in [6.45, 7) is 9.26. The Balaban J connectivity index is 1.57. The molecule has 2 aliphatic rings. The molecule has 0 bridgehead atoms. The van der Waals surface area contributed by atoms with E-state index in [-0.39, 0.29) is 6.04 Å². The average molecular weight is 359 g/mol. The molecule has 0 aromatic heterocycles. The fraction of sp³-hybridized carbons (Fsp3) is 0.667. The van der Waals surface area contributed by atoms with Gasteiger partial charge in [0, 0.05) is 38.5 Å². The summed E-state index contributed by atoms with van der Waals surface area (Å²) in [6.07, 6.45) is 6.39. The SMILES string of the molecule is CCNC(=NCCC1CCCO1)NC(C)c1cccc(N2CCCC2)c1. The van der Waals surface area contributed by atoms with Gasteiger partial charge in [-0.3, -0.25) is 4.99 Å². The fourth-order valence-electron chi connectivity index (χ4n) is 3.77. The Morgan fingerprint density at radius 2 is 2.15 bits per heavy atom. The van der Waals surface area contributed by atoms with Gasteiger partial charge in [-0.1, -0.05) is 12.1 Å². The molecule has 0 saturated carbocycles. The van der Waals surface area contributed by atoms with E-state index in [9.17, 15) is 0 Å². The first-order valence-electron chi connectivity index (χ1n) is 10.3. The number of ether oxygens (including phenoxy) is 1. The van der Waals surface area contributed by atoms with E-state index in [4.69, 9.17) is 9.73 Å². The van der Waals surface area contributed by atoms with Gasteiger partial charge in [0.05, 0.1) is 12.1 Å². The molecule has 5 nitrogen and oxygen atoms in total. The zero-order chi connectivity index (χ0) is 18.2. The van der Waals surface area contributed by atoms with Crippen molar-refractivity contribution < 1.29 is 4.74 Å². The highest BCUT2D eigenvalue weighted by Gasteiger charge is 2.16. The largest absolute Gasteiger partial charge is 0.378 e. The minimum atomic E-state index is 0.220. The first kappa shape index (κ1) is 19.0. The minimum absolute atomic E-state index is 0.220. The Labute approximate surface area is 158 Å². The number of guanidine groups is 1. The van der Waals surface area contributed by atoms with Crippen molar-refractivity contribution >= 4 is 11.6 Å². The maximum Gasteiger partial charge on any atom is 0.191 e. The highest BCUT2D eigenvalue weighted by atomic mass is 16.5. The Morgan fingerprint density at radius 1 is 1.31 bits per heavy atom. The third-order valence-corrected chi connectivity index (χ3v) is 5.28. The smallest absolute Gasteiger partial charge is 0.191 e. The molecule has 2 N–H and O–H groups in total. The van der Waals surface area contributed by atoms with E-state index >= 15 is 0 Å². The van der Waals surface area contributed by atoms with Gasteiger partial charge in [0.25, 0.3) is 0 Å². The normalized spacial score (nSPS) is 21.8. The number of rotatable bonds is 7. The van der Waals surface area contributed by atoms with Gasteiger partial charge in [-0.15, -0.1) is 0 Å². The predicted octanol–water partition coefficient (Wildman–Crippen LogP) is 3.47. The number of anilines is 1. The van der Waals surface area contributed by atoms with Crippen LogP contribution < -0.4 is 15.5 Å². The monoisotopic (exact) mass is 358 g/mol. The lowest BCUT2D eigenvalue weighted by Gasteiger charge is -2.22. The summed E-state index contributed by atoms with van der Waals surface area (Å²) in [5, 5.41) is 6.92. The van der Waals surface area contributed by atoms with Crippen molar-refractivity contribution in [1.82, 2.24) is 10.6 Å². The average Bonchev–Trinajstić information content (AvgIpc) is 3.36. The molecule has 2 saturated heterocycles. The molecule has 0 amide bonds. The van der Waals surface area contributed by atoms with Crippen LogP contribution in [0, 0.1) is 0 Å². The zero-order valence-electron chi connectivity index (χ0n) is 16.3. The van der Waals surface area contributed by atoms with Crippen LogP contribution in [0.25, 0.3) is 0 Å². The van der Waals surface area contributed by atoms with Gasteiger partial charge >= 0.3 is 0 Å². The van der Waals surface area contributed by atoms with E-state index in [1.807, 2.05) is 0 Å². The summed E-state index contributed by atoms with van der Waals surface area (Å²) in [5.74, 6) is 0.893. The van der Waals surface area contributed by atoms with Crippen molar-refractivity contribution in [3.05, 3.63) is 29.8 Å². The summed E-state index contributed by atoms with van der Waals surface area (Å²) in [4.78, 5) is 7.23. The zero-order valence-corrected chi connectivity index (χ0v) is 16.3. The first-order valence-corrected chi connectivity index (χ1v) is 10.3. The highest BCUT2D eigenvalue weighted by molar-refractivity contribution is 5.80. The molecule has 0 radical (unpaired) electrons. The fourth-order valence-corrected chi connectivity index (χ4v) is 3.77. The second-order valence-corrected chi connectivity index (χ2v) is 7.34. The molecule has 3 rings (SSSR count). The Morgan fingerprint density at radius 3 is 2.88 bits per heavy atom. The van der Waals surface area contributed by atoms with Crippen LogP contribution in [-0.2, 0) is 4.74 Å². The first-order chi connectivity index (χ1) is 12.8. The molecular weight excluding hydrogens is 324 g/mol. The van der Waals surface area contributed by atoms with Gasteiger partial charge in [0.2, 0.25) is 0 Å². The lowest BCUT2D eigenvalue weighted by Crippen LogP contribution is -2.39. The molecule has 1 aromatic carbocycles. The van der Waals surface area contributed by atoms with Crippen molar-refractivity contribution in [3.63, 3.8) is 0 Å². The molecule has 2 unspecified atom stereocenters. The molecule has 2 heterocycles. The number of nitrogens with zero attached hydrogens (tertiary/aromatic N) is 2. The van der Waals surface area contributed by atoms with Crippen molar-refractivity contribution in [1.29, 1.82) is 0 Å². The molecule has 26 heavy (non-hydrogen) atoms. The Kier molecular flexibility index (Phi) is 7.18. The molecule has 2 atom stereocenters.